The van der Waals surface area contributed by atoms with E-state index in [1.54, 1.807) is 0 Å². The highest BCUT2D eigenvalue weighted by molar-refractivity contribution is 5.94. The molecular formula is C17H24N2O. The van der Waals surface area contributed by atoms with Gasteiger partial charge in [0.2, 0.25) is 5.91 Å². The summed E-state index contributed by atoms with van der Waals surface area (Å²) in [5.74, 6) is 0.989. The molecule has 2 saturated carbocycles. The lowest BCUT2D eigenvalue weighted by Crippen LogP contribution is -2.41. The minimum absolute atomic E-state index is 0.0560. The second-order valence-corrected chi connectivity index (χ2v) is 6.59. The topological polar surface area (TPSA) is 41.1 Å². The van der Waals surface area contributed by atoms with Gasteiger partial charge in [0.05, 0.1) is 6.04 Å². The Balaban J connectivity index is 1.48. The summed E-state index contributed by atoms with van der Waals surface area (Å²) in [4.78, 5) is 12.1. The van der Waals surface area contributed by atoms with E-state index in [2.05, 4.69) is 10.6 Å². The lowest BCUT2D eigenvalue weighted by atomic mass is 10.0. The third-order valence-electron chi connectivity index (χ3n) is 4.81. The number of carbonyl (C=O) groups excluding carboxylic acids is 1. The molecular weight excluding hydrogens is 248 g/mol. The van der Waals surface area contributed by atoms with Gasteiger partial charge >= 0.3 is 0 Å². The van der Waals surface area contributed by atoms with Crippen LogP contribution in [-0.4, -0.2) is 18.5 Å². The van der Waals surface area contributed by atoms with E-state index in [0.29, 0.717) is 5.41 Å². The van der Waals surface area contributed by atoms with Gasteiger partial charge in [0, 0.05) is 12.2 Å². The normalized spacial score (nSPS) is 21.3. The molecule has 1 aromatic rings. The third-order valence-corrected chi connectivity index (χ3v) is 4.81. The monoisotopic (exact) mass is 272 g/mol. The first-order valence-electron chi connectivity index (χ1n) is 7.70. The summed E-state index contributed by atoms with van der Waals surface area (Å²) in [6, 6.07) is 7.80. The summed E-state index contributed by atoms with van der Waals surface area (Å²) in [7, 11) is 0. The van der Waals surface area contributed by atoms with Crippen LogP contribution in [0.3, 0.4) is 0 Å². The van der Waals surface area contributed by atoms with Gasteiger partial charge in [-0.1, -0.05) is 17.7 Å². The minimum atomic E-state index is -0.132. The Labute approximate surface area is 121 Å². The van der Waals surface area contributed by atoms with Crippen LogP contribution in [0.15, 0.2) is 24.3 Å². The molecule has 1 amide bonds. The first kappa shape index (κ1) is 13.6. The molecule has 2 fully saturated rings. The van der Waals surface area contributed by atoms with E-state index >= 15 is 0 Å². The van der Waals surface area contributed by atoms with Crippen LogP contribution in [0.4, 0.5) is 5.69 Å². The van der Waals surface area contributed by atoms with Crippen molar-refractivity contribution in [2.24, 2.45) is 11.3 Å². The summed E-state index contributed by atoms with van der Waals surface area (Å²) in [5, 5.41) is 6.40. The van der Waals surface area contributed by atoms with Crippen LogP contribution in [0.1, 0.15) is 38.2 Å². The third kappa shape index (κ3) is 3.04. The molecule has 0 aromatic heterocycles. The lowest BCUT2D eigenvalue weighted by Gasteiger charge is -2.19. The highest BCUT2D eigenvalue weighted by Crippen LogP contribution is 2.60. The number of nitrogens with one attached hydrogen (secondary N) is 2. The maximum atomic E-state index is 12.1. The summed E-state index contributed by atoms with van der Waals surface area (Å²) in [5.41, 5.74) is 2.62. The molecule has 0 spiro atoms. The fourth-order valence-corrected chi connectivity index (χ4v) is 2.92. The first-order valence-corrected chi connectivity index (χ1v) is 7.70. The van der Waals surface area contributed by atoms with E-state index in [4.69, 9.17) is 0 Å². The highest BCUT2D eigenvalue weighted by Gasteiger charge is 2.53. The van der Waals surface area contributed by atoms with E-state index in [0.717, 1.165) is 18.2 Å². The van der Waals surface area contributed by atoms with E-state index in [-0.39, 0.29) is 11.9 Å². The number of amides is 1. The number of benzene rings is 1. The summed E-state index contributed by atoms with van der Waals surface area (Å²) in [6.45, 7) is 5.00. The fourth-order valence-electron chi connectivity index (χ4n) is 2.92. The molecule has 3 nitrogen and oxygen atoms in total. The van der Waals surface area contributed by atoms with E-state index in [9.17, 15) is 4.79 Å². The van der Waals surface area contributed by atoms with Crippen molar-refractivity contribution >= 4 is 11.6 Å². The van der Waals surface area contributed by atoms with Crippen molar-refractivity contribution in [1.29, 1.82) is 0 Å². The number of carbonyl (C=O) groups is 1. The van der Waals surface area contributed by atoms with Gasteiger partial charge < -0.3 is 10.6 Å². The van der Waals surface area contributed by atoms with Gasteiger partial charge in [-0.05, 0) is 63.0 Å². The predicted octanol–water partition coefficient (Wildman–Crippen LogP) is 3.10. The van der Waals surface area contributed by atoms with Gasteiger partial charge in [0.25, 0.3) is 0 Å². The van der Waals surface area contributed by atoms with Crippen molar-refractivity contribution in [3.8, 4) is 0 Å². The van der Waals surface area contributed by atoms with Gasteiger partial charge in [0.15, 0.2) is 0 Å². The number of aryl methyl sites for hydroxylation is 1. The van der Waals surface area contributed by atoms with Crippen LogP contribution in [0.25, 0.3) is 0 Å². The van der Waals surface area contributed by atoms with Crippen molar-refractivity contribution in [2.75, 3.05) is 11.9 Å². The van der Waals surface area contributed by atoms with Crippen molar-refractivity contribution < 1.29 is 4.79 Å². The second-order valence-electron chi connectivity index (χ2n) is 6.59. The molecule has 1 aromatic carbocycles. The number of rotatable bonds is 6. The summed E-state index contributed by atoms with van der Waals surface area (Å²) < 4.78 is 0. The van der Waals surface area contributed by atoms with Crippen LogP contribution >= 0.6 is 0 Å². The standard InChI is InChI=1S/C17H24N2O/c1-12-3-7-15(8-4-12)19-16(20)13(2)18-11-17(9-10-17)14-5-6-14/h3-4,7-8,13-14,18H,5-6,9-11H2,1-2H3,(H,19,20). The average molecular weight is 272 g/mol. The maximum absolute atomic E-state index is 12.1. The molecule has 20 heavy (non-hydrogen) atoms. The smallest absolute Gasteiger partial charge is 0.241 e. The number of anilines is 1. The van der Waals surface area contributed by atoms with Crippen LogP contribution in [0, 0.1) is 18.3 Å². The van der Waals surface area contributed by atoms with Gasteiger partial charge in [-0.3, -0.25) is 4.79 Å². The van der Waals surface area contributed by atoms with Crippen molar-refractivity contribution in [2.45, 2.75) is 45.6 Å². The fraction of sp³-hybridized carbons (Fsp3) is 0.588. The summed E-state index contributed by atoms with van der Waals surface area (Å²) >= 11 is 0. The zero-order valence-corrected chi connectivity index (χ0v) is 12.4. The Morgan fingerprint density at radius 2 is 1.95 bits per heavy atom. The zero-order valence-electron chi connectivity index (χ0n) is 12.4. The molecule has 0 saturated heterocycles. The lowest BCUT2D eigenvalue weighted by molar-refractivity contribution is -0.117. The summed E-state index contributed by atoms with van der Waals surface area (Å²) in [6.07, 6.45) is 5.48. The molecule has 0 radical (unpaired) electrons. The van der Waals surface area contributed by atoms with E-state index in [1.807, 2.05) is 38.1 Å². The predicted molar refractivity (Wildman–Crippen MR) is 81.7 cm³/mol. The van der Waals surface area contributed by atoms with Gasteiger partial charge in [-0.2, -0.15) is 0 Å². The van der Waals surface area contributed by atoms with Crippen LogP contribution in [-0.2, 0) is 4.79 Å². The molecule has 3 heteroatoms. The molecule has 1 unspecified atom stereocenters. The molecule has 0 aliphatic heterocycles. The van der Waals surface area contributed by atoms with E-state index < -0.39 is 0 Å². The van der Waals surface area contributed by atoms with Gasteiger partial charge in [-0.15, -0.1) is 0 Å². The number of hydrogen-bond donors (Lipinski definition) is 2. The second kappa shape index (κ2) is 5.21. The minimum Gasteiger partial charge on any atom is -0.325 e. The van der Waals surface area contributed by atoms with Gasteiger partial charge in [-0.25, -0.2) is 0 Å². The Morgan fingerprint density at radius 3 is 2.50 bits per heavy atom. The highest BCUT2D eigenvalue weighted by atomic mass is 16.2. The molecule has 2 aliphatic carbocycles. The van der Waals surface area contributed by atoms with E-state index in [1.165, 1.54) is 31.2 Å². The Bertz CT molecular complexity index is 486. The molecule has 0 heterocycles. The maximum Gasteiger partial charge on any atom is 0.241 e. The van der Waals surface area contributed by atoms with Crippen molar-refractivity contribution in [3.63, 3.8) is 0 Å². The Morgan fingerprint density at radius 1 is 1.30 bits per heavy atom. The zero-order chi connectivity index (χ0) is 14.2. The van der Waals surface area contributed by atoms with Crippen LogP contribution in [0.2, 0.25) is 0 Å². The first-order chi connectivity index (χ1) is 9.59. The molecule has 0 bridgehead atoms. The number of hydrogen-bond acceptors (Lipinski definition) is 2. The van der Waals surface area contributed by atoms with Crippen molar-refractivity contribution in [1.82, 2.24) is 5.32 Å². The Hall–Kier alpha value is -1.35. The molecule has 1 atom stereocenters. The van der Waals surface area contributed by atoms with Gasteiger partial charge in [0.1, 0.15) is 0 Å². The average Bonchev–Trinajstić information content (AvgIpc) is 3.30. The molecule has 2 aliphatic rings. The largest absolute Gasteiger partial charge is 0.325 e. The molecule has 108 valence electrons. The van der Waals surface area contributed by atoms with Crippen molar-refractivity contribution in [3.05, 3.63) is 29.8 Å². The SMILES string of the molecule is Cc1ccc(NC(=O)C(C)NCC2(C3CC3)CC2)cc1. The quantitative estimate of drug-likeness (QED) is 0.835. The van der Waals surface area contributed by atoms with Crippen LogP contribution in [0.5, 0.6) is 0 Å². The molecule has 3 rings (SSSR count). The molecule has 2 N–H and O–H groups in total. The van der Waals surface area contributed by atoms with Crippen LogP contribution < -0.4 is 10.6 Å². The Kier molecular flexibility index (Phi) is 3.55.